The molecule has 0 spiro atoms. The van der Waals surface area contributed by atoms with E-state index in [1.165, 1.54) is 24.3 Å². The monoisotopic (exact) mass is 372 g/mol. The van der Waals surface area contributed by atoms with Crippen molar-refractivity contribution >= 4 is 5.97 Å². The highest BCUT2D eigenvalue weighted by Crippen LogP contribution is 2.13. The molecule has 8 heteroatoms. The fraction of sp³-hybridized carbons (Fsp3) is 0.211. The van der Waals surface area contributed by atoms with Crippen LogP contribution in [0.5, 0.6) is 11.5 Å². The average Bonchev–Trinajstić information content (AvgIpc) is 3.12. The van der Waals surface area contributed by atoms with Gasteiger partial charge < -0.3 is 18.7 Å². The molecule has 3 rings (SSSR count). The maximum absolute atomic E-state index is 12.8. The van der Waals surface area contributed by atoms with Gasteiger partial charge in [-0.2, -0.15) is 4.98 Å². The minimum absolute atomic E-state index is 0.0412. The standard InChI is InChI=1S/C19H17FN2O5/c1-13-3-2-4-16(9-13)25-12-19(23)26-11-18-21-17(22-27-18)10-24-15-7-5-14(20)6-8-15/h2-9H,10-12H2,1H3. The molecule has 1 aromatic heterocycles. The van der Waals surface area contributed by atoms with Crippen molar-refractivity contribution in [2.75, 3.05) is 6.61 Å². The molecule has 3 aromatic rings. The van der Waals surface area contributed by atoms with Crippen molar-refractivity contribution in [3.63, 3.8) is 0 Å². The SMILES string of the molecule is Cc1cccc(OCC(=O)OCc2nc(COc3ccc(F)cc3)no2)c1. The van der Waals surface area contributed by atoms with Gasteiger partial charge in [0.05, 0.1) is 0 Å². The Hall–Kier alpha value is -3.42. The quantitative estimate of drug-likeness (QED) is 0.561. The highest BCUT2D eigenvalue weighted by atomic mass is 19.1. The summed E-state index contributed by atoms with van der Waals surface area (Å²) in [7, 11) is 0. The molecule has 0 radical (unpaired) electrons. The number of esters is 1. The summed E-state index contributed by atoms with van der Waals surface area (Å²) in [5.41, 5.74) is 1.03. The summed E-state index contributed by atoms with van der Waals surface area (Å²) in [4.78, 5) is 15.8. The number of hydrogen-bond acceptors (Lipinski definition) is 7. The van der Waals surface area contributed by atoms with Crippen molar-refractivity contribution < 1.29 is 27.9 Å². The molecular formula is C19H17FN2O5. The van der Waals surface area contributed by atoms with Crippen molar-refractivity contribution in [2.24, 2.45) is 0 Å². The number of halogens is 1. The summed E-state index contributed by atoms with van der Waals surface area (Å²) in [6.07, 6.45) is 0. The van der Waals surface area contributed by atoms with Crippen LogP contribution in [0.15, 0.2) is 53.1 Å². The van der Waals surface area contributed by atoms with Crippen LogP contribution in [0.2, 0.25) is 0 Å². The molecule has 0 unspecified atom stereocenters. The zero-order chi connectivity index (χ0) is 19.1. The van der Waals surface area contributed by atoms with E-state index in [0.29, 0.717) is 11.5 Å². The minimum atomic E-state index is -0.557. The van der Waals surface area contributed by atoms with Crippen LogP contribution in [0.25, 0.3) is 0 Å². The van der Waals surface area contributed by atoms with Gasteiger partial charge in [0.1, 0.15) is 17.3 Å². The molecule has 0 N–H and O–H groups in total. The predicted octanol–water partition coefficient (Wildman–Crippen LogP) is 3.22. The van der Waals surface area contributed by atoms with Crippen LogP contribution in [-0.2, 0) is 22.7 Å². The topological polar surface area (TPSA) is 83.7 Å². The minimum Gasteiger partial charge on any atom is -0.485 e. The maximum Gasteiger partial charge on any atom is 0.344 e. The molecule has 140 valence electrons. The smallest absolute Gasteiger partial charge is 0.344 e. The molecule has 1 heterocycles. The van der Waals surface area contributed by atoms with Gasteiger partial charge in [-0.25, -0.2) is 9.18 Å². The Morgan fingerprint density at radius 2 is 1.89 bits per heavy atom. The maximum atomic E-state index is 12.8. The van der Waals surface area contributed by atoms with Crippen LogP contribution in [0.1, 0.15) is 17.3 Å². The number of hydrogen-bond donors (Lipinski definition) is 0. The molecule has 0 bridgehead atoms. The molecule has 27 heavy (non-hydrogen) atoms. The number of nitrogens with zero attached hydrogens (tertiary/aromatic N) is 2. The Morgan fingerprint density at radius 3 is 2.67 bits per heavy atom. The lowest BCUT2D eigenvalue weighted by atomic mass is 10.2. The Balaban J connectivity index is 1.40. The zero-order valence-corrected chi connectivity index (χ0v) is 14.6. The van der Waals surface area contributed by atoms with Gasteiger partial charge in [0, 0.05) is 0 Å². The van der Waals surface area contributed by atoms with E-state index in [-0.39, 0.29) is 37.4 Å². The van der Waals surface area contributed by atoms with Crippen LogP contribution in [0.4, 0.5) is 4.39 Å². The van der Waals surface area contributed by atoms with E-state index in [2.05, 4.69) is 10.1 Å². The molecule has 2 aromatic carbocycles. The van der Waals surface area contributed by atoms with E-state index in [9.17, 15) is 9.18 Å². The van der Waals surface area contributed by atoms with Crippen LogP contribution in [0.3, 0.4) is 0 Å². The van der Waals surface area contributed by atoms with Gasteiger partial charge in [-0.05, 0) is 48.9 Å². The lowest BCUT2D eigenvalue weighted by molar-refractivity contribution is -0.148. The van der Waals surface area contributed by atoms with E-state index in [1.54, 1.807) is 6.07 Å². The first-order valence-corrected chi connectivity index (χ1v) is 8.13. The van der Waals surface area contributed by atoms with E-state index >= 15 is 0 Å². The average molecular weight is 372 g/mol. The van der Waals surface area contributed by atoms with Gasteiger partial charge >= 0.3 is 5.97 Å². The van der Waals surface area contributed by atoms with Crippen LogP contribution < -0.4 is 9.47 Å². The second-order valence-electron chi connectivity index (χ2n) is 5.61. The van der Waals surface area contributed by atoms with Crippen molar-refractivity contribution in [2.45, 2.75) is 20.1 Å². The third-order valence-electron chi connectivity index (χ3n) is 3.39. The number of carbonyl (C=O) groups excluding carboxylic acids is 1. The van der Waals surface area contributed by atoms with Gasteiger partial charge in [-0.3, -0.25) is 0 Å². The predicted molar refractivity (Wildman–Crippen MR) is 91.5 cm³/mol. The number of rotatable bonds is 8. The van der Waals surface area contributed by atoms with Gasteiger partial charge in [0.15, 0.2) is 19.8 Å². The number of aryl methyl sites for hydroxylation is 1. The second-order valence-corrected chi connectivity index (χ2v) is 5.61. The van der Waals surface area contributed by atoms with Crippen molar-refractivity contribution in [3.8, 4) is 11.5 Å². The molecule has 0 aliphatic carbocycles. The molecule has 0 aliphatic rings. The van der Waals surface area contributed by atoms with Crippen molar-refractivity contribution in [1.82, 2.24) is 10.1 Å². The molecule has 0 saturated carbocycles. The summed E-state index contributed by atoms with van der Waals surface area (Å²) < 4.78 is 33.6. The third kappa shape index (κ3) is 5.81. The summed E-state index contributed by atoms with van der Waals surface area (Å²) in [6, 6.07) is 12.9. The highest BCUT2D eigenvalue weighted by Gasteiger charge is 2.11. The first kappa shape index (κ1) is 18.4. The first-order chi connectivity index (χ1) is 13.1. The Kier molecular flexibility index (Phi) is 5.98. The molecule has 0 fully saturated rings. The van der Waals surface area contributed by atoms with Crippen molar-refractivity contribution in [1.29, 1.82) is 0 Å². The number of carbonyl (C=O) groups is 1. The molecule has 7 nitrogen and oxygen atoms in total. The lowest BCUT2D eigenvalue weighted by Gasteiger charge is -2.06. The third-order valence-corrected chi connectivity index (χ3v) is 3.39. The molecule has 0 atom stereocenters. The normalized spacial score (nSPS) is 10.4. The fourth-order valence-electron chi connectivity index (χ4n) is 2.12. The number of ether oxygens (including phenoxy) is 3. The summed E-state index contributed by atoms with van der Waals surface area (Å²) in [6.45, 7) is 1.58. The van der Waals surface area contributed by atoms with E-state index in [0.717, 1.165) is 5.56 Å². The Labute approximate surface area is 154 Å². The van der Waals surface area contributed by atoms with Gasteiger partial charge in [-0.15, -0.1) is 0 Å². The van der Waals surface area contributed by atoms with Gasteiger partial charge in [-0.1, -0.05) is 17.3 Å². The van der Waals surface area contributed by atoms with E-state index in [4.69, 9.17) is 18.7 Å². The molecule has 0 amide bonds. The van der Waals surface area contributed by atoms with Crippen LogP contribution in [0, 0.1) is 12.7 Å². The summed E-state index contributed by atoms with van der Waals surface area (Å²) in [5, 5.41) is 3.72. The lowest BCUT2D eigenvalue weighted by Crippen LogP contribution is -2.14. The van der Waals surface area contributed by atoms with Crippen molar-refractivity contribution in [3.05, 3.63) is 71.6 Å². The van der Waals surface area contributed by atoms with E-state index < -0.39 is 5.97 Å². The molecule has 0 saturated heterocycles. The number of aromatic nitrogens is 2. The Bertz CT molecular complexity index is 895. The van der Waals surface area contributed by atoms with Crippen LogP contribution >= 0.6 is 0 Å². The largest absolute Gasteiger partial charge is 0.485 e. The Morgan fingerprint density at radius 1 is 1.07 bits per heavy atom. The molecular weight excluding hydrogens is 355 g/mol. The van der Waals surface area contributed by atoms with Gasteiger partial charge in [0.25, 0.3) is 5.89 Å². The van der Waals surface area contributed by atoms with Crippen LogP contribution in [-0.4, -0.2) is 22.7 Å². The molecule has 0 aliphatic heterocycles. The van der Waals surface area contributed by atoms with Gasteiger partial charge in [0.2, 0.25) is 5.82 Å². The zero-order valence-electron chi connectivity index (χ0n) is 14.6. The second kappa shape index (κ2) is 8.79. The summed E-state index contributed by atoms with van der Waals surface area (Å²) >= 11 is 0. The highest BCUT2D eigenvalue weighted by molar-refractivity contribution is 5.71. The first-order valence-electron chi connectivity index (χ1n) is 8.13. The fourth-order valence-corrected chi connectivity index (χ4v) is 2.12. The van der Waals surface area contributed by atoms with E-state index in [1.807, 2.05) is 25.1 Å². The summed E-state index contributed by atoms with van der Waals surface area (Å²) in [5.74, 6) is 0.571. The number of benzene rings is 2.